The Labute approximate surface area is 109 Å². The molecule has 100 valence electrons. The highest BCUT2D eigenvalue weighted by Crippen LogP contribution is 2.10. The van der Waals surface area contributed by atoms with Crippen LogP contribution in [0, 0.1) is 5.92 Å². The SMILES string of the molecule is CCC(CC)CNC(=O)c1ccnc(N(C)C)c1. The number of aromatic nitrogens is 1. The number of nitrogens with one attached hydrogen (secondary N) is 1. The van der Waals surface area contributed by atoms with Crippen LogP contribution in [0.3, 0.4) is 0 Å². The predicted molar refractivity (Wildman–Crippen MR) is 75.0 cm³/mol. The fraction of sp³-hybridized carbons (Fsp3) is 0.571. The normalized spacial score (nSPS) is 10.5. The van der Waals surface area contributed by atoms with Crippen LogP contribution >= 0.6 is 0 Å². The van der Waals surface area contributed by atoms with Crippen LogP contribution in [-0.4, -0.2) is 31.5 Å². The van der Waals surface area contributed by atoms with E-state index in [1.807, 2.05) is 25.1 Å². The summed E-state index contributed by atoms with van der Waals surface area (Å²) < 4.78 is 0. The Hall–Kier alpha value is -1.58. The Morgan fingerprint density at radius 2 is 2.06 bits per heavy atom. The van der Waals surface area contributed by atoms with Crippen LogP contribution in [0.5, 0.6) is 0 Å². The lowest BCUT2D eigenvalue weighted by Crippen LogP contribution is -2.29. The van der Waals surface area contributed by atoms with E-state index < -0.39 is 0 Å². The van der Waals surface area contributed by atoms with Crippen molar-refractivity contribution in [1.82, 2.24) is 10.3 Å². The lowest BCUT2D eigenvalue weighted by molar-refractivity contribution is 0.0946. The molecule has 0 aliphatic heterocycles. The van der Waals surface area contributed by atoms with Gasteiger partial charge in [-0.1, -0.05) is 26.7 Å². The van der Waals surface area contributed by atoms with Gasteiger partial charge in [-0.05, 0) is 18.1 Å². The standard InChI is InChI=1S/C14H23N3O/c1-5-11(6-2)10-16-14(18)12-7-8-15-13(9-12)17(3)4/h7-9,11H,5-6,10H2,1-4H3,(H,16,18). The van der Waals surface area contributed by atoms with Crippen LogP contribution in [0.4, 0.5) is 5.82 Å². The van der Waals surface area contributed by atoms with Gasteiger partial charge in [0.1, 0.15) is 5.82 Å². The van der Waals surface area contributed by atoms with Gasteiger partial charge in [0, 0.05) is 32.4 Å². The minimum Gasteiger partial charge on any atom is -0.363 e. The maximum atomic E-state index is 12.0. The third kappa shape index (κ3) is 4.02. The van der Waals surface area contributed by atoms with Gasteiger partial charge >= 0.3 is 0 Å². The van der Waals surface area contributed by atoms with Crippen molar-refractivity contribution in [1.29, 1.82) is 0 Å². The van der Waals surface area contributed by atoms with Gasteiger partial charge in [-0.2, -0.15) is 0 Å². The first-order valence-corrected chi connectivity index (χ1v) is 6.50. The summed E-state index contributed by atoms with van der Waals surface area (Å²) in [4.78, 5) is 18.1. The van der Waals surface area contributed by atoms with Gasteiger partial charge in [-0.15, -0.1) is 0 Å². The predicted octanol–water partition coefficient (Wildman–Crippen LogP) is 2.31. The van der Waals surface area contributed by atoms with E-state index in [9.17, 15) is 4.79 Å². The molecule has 18 heavy (non-hydrogen) atoms. The second-order valence-electron chi connectivity index (χ2n) is 4.69. The minimum absolute atomic E-state index is 0.0209. The van der Waals surface area contributed by atoms with Crippen molar-refractivity contribution in [3.63, 3.8) is 0 Å². The average molecular weight is 249 g/mol. The zero-order chi connectivity index (χ0) is 13.5. The van der Waals surface area contributed by atoms with Crippen molar-refractivity contribution in [2.75, 3.05) is 25.5 Å². The molecule has 1 aromatic rings. The van der Waals surface area contributed by atoms with Crippen molar-refractivity contribution in [3.05, 3.63) is 23.9 Å². The largest absolute Gasteiger partial charge is 0.363 e. The van der Waals surface area contributed by atoms with Crippen molar-refractivity contribution >= 4 is 11.7 Å². The van der Waals surface area contributed by atoms with Crippen molar-refractivity contribution in [2.45, 2.75) is 26.7 Å². The molecule has 0 spiro atoms. The fourth-order valence-electron chi connectivity index (χ4n) is 1.72. The van der Waals surface area contributed by atoms with Gasteiger partial charge < -0.3 is 10.2 Å². The van der Waals surface area contributed by atoms with Crippen LogP contribution in [-0.2, 0) is 0 Å². The molecule has 1 heterocycles. The third-order valence-corrected chi connectivity index (χ3v) is 3.17. The number of hydrogen-bond donors (Lipinski definition) is 1. The van der Waals surface area contributed by atoms with E-state index >= 15 is 0 Å². The Bertz CT molecular complexity index is 386. The second kappa shape index (κ2) is 6.99. The molecule has 1 aromatic heterocycles. The Morgan fingerprint density at radius 1 is 1.39 bits per heavy atom. The van der Waals surface area contributed by atoms with Crippen LogP contribution in [0.25, 0.3) is 0 Å². The molecule has 1 N–H and O–H groups in total. The highest BCUT2D eigenvalue weighted by Gasteiger charge is 2.10. The summed E-state index contributed by atoms with van der Waals surface area (Å²) >= 11 is 0. The second-order valence-corrected chi connectivity index (χ2v) is 4.69. The molecule has 0 aromatic carbocycles. The third-order valence-electron chi connectivity index (χ3n) is 3.17. The first kappa shape index (κ1) is 14.5. The van der Waals surface area contributed by atoms with E-state index in [0.29, 0.717) is 11.5 Å². The van der Waals surface area contributed by atoms with Crippen molar-refractivity contribution in [3.8, 4) is 0 Å². The van der Waals surface area contributed by atoms with Gasteiger partial charge in [-0.25, -0.2) is 4.98 Å². The van der Waals surface area contributed by atoms with E-state index in [-0.39, 0.29) is 5.91 Å². The summed E-state index contributed by atoms with van der Waals surface area (Å²) in [6.45, 7) is 5.04. The fourth-order valence-corrected chi connectivity index (χ4v) is 1.72. The number of amides is 1. The number of nitrogens with zero attached hydrogens (tertiary/aromatic N) is 2. The smallest absolute Gasteiger partial charge is 0.251 e. The van der Waals surface area contributed by atoms with E-state index in [1.165, 1.54) is 0 Å². The summed E-state index contributed by atoms with van der Waals surface area (Å²) in [5, 5.41) is 2.98. The van der Waals surface area contributed by atoms with Crippen LogP contribution < -0.4 is 10.2 Å². The van der Waals surface area contributed by atoms with Crippen LogP contribution in [0.2, 0.25) is 0 Å². The number of carbonyl (C=O) groups is 1. The molecule has 0 saturated heterocycles. The van der Waals surface area contributed by atoms with Gasteiger partial charge in [0.15, 0.2) is 0 Å². The molecule has 0 fully saturated rings. The lowest BCUT2D eigenvalue weighted by Gasteiger charge is -2.14. The lowest BCUT2D eigenvalue weighted by atomic mass is 10.0. The number of carbonyl (C=O) groups excluding carboxylic acids is 1. The van der Waals surface area contributed by atoms with Gasteiger partial charge in [0.05, 0.1) is 0 Å². The molecule has 1 amide bonds. The molecular formula is C14H23N3O. The van der Waals surface area contributed by atoms with Crippen molar-refractivity contribution in [2.24, 2.45) is 5.92 Å². The zero-order valence-electron chi connectivity index (χ0n) is 11.7. The van der Waals surface area contributed by atoms with E-state index in [2.05, 4.69) is 24.1 Å². The van der Waals surface area contributed by atoms with E-state index in [1.54, 1.807) is 12.3 Å². The Kier molecular flexibility index (Phi) is 5.62. The quantitative estimate of drug-likeness (QED) is 0.841. The molecule has 0 bridgehead atoms. The molecule has 0 radical (unpaired) electrons. The summed E-state index contributed by atoms with van der Waals surface area (Å²) in [5.41, 5.74) is 0.666. The average Bonchev–Trinajstić information content (AvgIpc) is 2.39. The Balaban J connectivity index is 2.64. The number of hydrogen-bond acceptors (Lipinski definition) is 3. The first-order chi connectivity index (χ1) is 8.58. The molecule has 0 aliphatic rings. The summed E-state index contributed by atoms with van der Waals surface area (Å²) in [6.07, 6.45) is 3.85. The van der Waals surface area contributed by atoms with Crippen molar-refractivity contribution < 1.29 is 4.79 Å². The summed E-state index contributed by atoms with van der Waals surface area (Å²) in [5.74, 6) is 1.33. The van der Waals surface area contributed by atoms with Crippen LogP contribution in [0.1, 0.15) is 37.0 Å². The van der Waals surface area contributed by atoms with Gasteiger partial charge in [0.2, 0.25) is 0 Å². The molecule has 4 heteroatoms. The number of rotatable bonds is 6. The number of pyridine rings is 1. The first-order valence-electron chi connectivity index (χ1n) is 6.50. The molecule has 0 atom stereocenters. The minimum atomic E-state index is -0.0209. The zero-order valence-corrected chi connectivity index (χ0v) is 11.7. The molecule has 0 saturated carbocycles. The summed E-state index contributed by atoms with van der Waals surface area (Å²) in [7, 11) is 3.82. The topological polar surface area (TPSA) is 45.2 Å². The van der Waals surface area contributed by atoms with Gasteiger partial charge in [-0.3, -0.25) is 4.79 Å². The molecule has 4 nitrogen and oxygen atoms in total. The number of anilines is 1. The molecular weight excluding hydrogens is 226 g/mol. The maximum Gasteiger partial charge on any atom is 0.251 e. The molecule has 0 unspecified atom stereocenters. The molecule has 0 aliphatic carbocycles. The van der Waals surface area contributed by atoms with E-state index in [0.717, 1.165) is 25.2 Å². The monoisotopic (exact) mass is 249 g/mol. The van der Waals surface area contributed by atoms with Crippen LogP contribution in [0.15, 0.2) is 18.3 Å². The highest BCUT2D eigenvalue weighted by molar-refractivity contribution is 5.94. The van der Waals surface area contributed by atoms with E-state index in [4.69, 9.17) is 0 Å². The molecule has 1 rings (SSSR count). The van der Waals surface area contributed by atoms with Gasteiger partial charge in [0.25, 0.3) is 5.91 Å². The Morgan fingerprint density at radius 3 is 2.61 bits per heavy atom. The summed E-state index contributed by atoms with van der Waals surface area (Å²) in [6, 6.07) is 3.55. The highest BCUT2D eigenvalue weighted by atomic mass is 16.1. The maximum absolute atomic E-state index is 12.0.